The van der Waals surface area contributed by atoms with Gasteiger partial charge < -0.3 is 4.74 Å². The van der Waals surface area contributed by atoms with E-state index in [9.17, 15) is 0 Å². The molecule has 58 valence electrons. The number of methoxy groups -OCH3 is 1. The first-order valence-corrected chi connectivity index (χ1v) is 4.70. The van der Waals surface area contributed by atoms with E-state index in [0.717, 1.165) is 11.0 Å². The molecule has 0 aromatic heterocycles. The molecule has 1 aliphatic heterocycles. The number of rotatable bonds is 2. The first-order valence-electron chi connectivity index (χ1n) is 3.66. The Kier molecular flexibility index (Phi) is 1.78. The van der Waals surface area contributed by atoms with E-state index in [1.54, 1.807) is 7.11 Å². The average Bonchev–Trinajstić information content (AvgIpc) is 2.87. The molecule has 1 unspecified atom stereocenters. The van der Waals surface area contributed by atoms with Crippen LogP contribution in [-0.2, 0) is 0 Å². The fourth-order valence-corrected chi connectivity index (χ4v) is 1.70. The van der Waals surface area contributed by atoms with Crippen LogP contribution in [0.1, 0.15) is 10.8 Å². The molecule has 2 rings (SSSR count). The van der Waals surface area contributed by atoms with E-state index < -0.39 is 0 Å². The summed E-state index contributed by atoms with van der Waals surface area (Å²) < 4.78 is 5.06. The Labute approximate surface area is 70.8 Å². The molecular weight excluding hydrogens is 156 g/mol. The maximum absolute atomic E-state index is 5.06. The lowest BCUT2D eigenvalue weighted by molar-refractivity contribution is 0.414. The van der Waals surface area contributed by atoms with Gasteiger partial charge in [0.2, 0.25) is 0 Å². The van der Waals surface area contributed by atoms with Crippen molar-refractivity contribution in [2.75, 3.05) is 12.9 Å². The van der Waals surface area contributed by atoms with Crippen LogP contribution < -0.4 is 4.74 Å². The Balaban J connectivity index is 2.19. The van der Waals surface area contributed by atoms with Crippen molar-refractivity contribution < 1.29 is 4.74 Å². The number of benzene rings is 1. The molecule has 1 atom stereocenters. The van der Waals surface area contributed by atoms with Crippen molar-refractivity contribution in [1.82, 2.24) is 0 Å². The van der Waals surface area contributed by atoms with Gasteiger partial charge >= 0.3 is 0 Å². The molecule has 0 N–H and O–H groups in total. The molecule has 1 aromatic carbocycles. The SMILES string of the molecule is COc1ccc(C2CS2)cc1. The lowest BCUT2D eigenvalue weighted by Crippen LogP contribution is -1.83. The normalized spacial score (nSPS) is 21.4. The molecule has 1 aliphatic rings. The third-order valence-electron chi connectivity index (χ3n) is 1.82. The van der Waals surface area contributed by atoms with Gasteiger partial charge in [0.1, 0.15) is 5.75 Å². The van der Waals surface area contributed by atoms with Crippen LogP contribution in [0.2, 0.25) is 0 Å². The zero-order chi connectivity index (χ0) is 7.68. The Hall–Kier alpha value is -0.630. The number of hydrogen-bond donors (Lipinski definition) is 0. The van der Waals surface area contributed by atoms with Crippen molar-refractivity contribution in [3.8, 4) is 5.75 Å². The molecule has 1 aromatic rings. The van der Waals surface area contributed by atoms with Crippen molar-refractivity contribution in [2.24, 2.45) is 0 Å². The van der Waals surface area contributed by atoms with Crippen LogP contribution in [0.3, 0.4) is 0 Å². The smallest absolute Gasteiger partial charge is 0.118 e. The predicted molar refractivity (Wildman–Crippen MR) is 48.2 cm³/mol. The zero-order valence-electron chi connectivity index (χ0n) is 6.41. The van der Waals surface area contributed by atoms with Gasteiger partial charge in [-0.05, 0) is 17.7 Å². The van der Waals surface area contributed by atoms with Gasteiger partial charge in [-0.3, -0.25) is 0 Å². The van der Waals surface area contributed by atoms with E-state index in [1.165, 1.54) is 11.3 Å². The minimum atomic E-state index is 0.765. The van der Waals surface area contributed by atoms with Crippen molar-refractivity contribution in [3.63, 3.8) is 0 Å². The summed E-state index contributed by atoms with van der Waals surface area (Å²) in [6, 6.07) is 8.33. The number of thioether (sulfide) groups is 1. The standard InChI is InChI=1S/C9H10OS/c1-10-8-4-2-7(3-5-8)9-6-11-9/h2-5,9H,6H2,1H3. The fourth-order valence-electron chi connectivity index (χ4n) is 1.06. The maximum atomic E-state index is 5.06. The molecule has 0 radical (unpaired) electrons. The van der Waals surface area contributed by atoms with Crippen LogP contribution in [0.15, 0.2) is 24.3 Å². The fraction of sp³-hybridized carbons (Fsp3) is 0.333. The van der Waals surface area contributed by atoms with E-state index in [0.29, 0.717) is 0 Å². The lowest BCUT2D eigenvalue weighted by Gasteiger charge is -1.99. The van der Waals surface area contributed by atoms with Crippen LogP contribution in [0, 0.1) is 0 Å². The summed E-state index contributed by atoms with van der Waals surface area (Å²) in [5, 5.41) is 0.765. The maximum Gasteiger partial charge on any atom is 0.118 e. The molecular formula is C9H10OS. The van der Waals surface area contributed by atoms with Gasteiger partial charge in [0.05, 0.1) is 7.11 Å². The lowest BCUT2D eigenvalue weighted by atomic mass is 10.2. The molecule has 0 saturated carbocycles. The number of ether oxygens (including phenoxy) is 1. The summed E-state index contributed by atoms with van der Waals surface area (Å²) in [6.07, 6.45) is 0. The van der Waals surface area contributed by atoms with Gasteiger partial charge in [0, 0.05) is 11.0 Å². The first-order chi connectivity index (χ1) is 5.40. The van der Waals surface area contributed by atoms with Crippen LogP contribution >= 0.6 is 11.8 Å². The third kappa shape index (κ3) is 1.51. The van der Waals surface area contributed by atoms with Gasteiger partial charge in [-0.2, -0.15) is 11.8 Å². The summed E-state index contributed by atoms with van der Waals surface area (Å²) in [5.41, 5.74) is 1.43. The second kappa shape index (κ2) is 2.78. The first kappa shape index (κ1) is 7.04. The van der Waals surface area contributed by atoms with Crippen molar-refractivity contribution in [1.29, 1.82) is 0 Å². The van der Waals surface area contributed by atoms with E-state index in [-0.39, 0.29) is 0 Å². The molecule has 0 amide bonds. The van der Waals surface area contributed by atoms with E-state index in [1.807, 2.05) is 23.9 Å². The van der Waals surface area contributed by atoms with Crippen LogP contribution in [0.5, 0.6) is 5.75 Å². The van der Waals surface area contributed by atoms with Gasteiger partial charge in [0.15, 0.2) is 0 Å². The highest BCUT2D eigenvalue weighted by Gasteiger charge is 2.23. The van der Waals surface area contributed by atoms with Gasteiger partial charge in [-0.1, -0.05) is 12.1 Å². The summed E-state index contributed by atoms with van der Waals surface area (Å²) in [5.74, 6) is 2.23. The highest BCUT2D eigenvalue weighted by atomic mass is 32.2. The van der Waals surface area contributed by atoms with E-state index in [2.05, 4.69) is 12.1 Å². The van der Waals surface area contributed by atoms with Crippen LogP contribution in [0.4, 0.5) is 0 Å². The summed E-state index contributed by atoms with van der Waals surface area (Å²) >= 11 is 1.99. The molecule has 2 heteroatoms. The molecule has 1 nitrogen and oxygen atoms in total. The van der Waals surface area contributed by atoms with Crippen molar-refractivity contribution in [3.05, 3.63) is 29.8 Å². The average molecular weight is 166 g/mol. The zero-order valence-corrected chi connectivity index (χ0v) is 7.23. The van der Waals surface area contributed by atoms with Gasteiger partial charge in [-0.15, -0.1) is 0 Å². The second-order valence-electron chi connectivity index (χ2n) is 2.60. The molecule has 1 heterocycles. The molecule has 0 spiro atoms. The highest BCUT2D eigenvalue weighted by molar-refractivity contribution is 8.06. The van der Waals surface area contributed by atoms with Crippen LogP contribution in [-0.4, -0.2) is 12.9 Å². The molecule has 11 heavy (non-hydrogen) atoms. The molecule has 1 saturated heterocycles. The summed E-state index contributed by atoms with van der Waals surface area (Å²) in [6.45, 7) is 0. The van der Waals surface area contributed by atoms with Gasteiger partial charge in [0.25, 0.3) is 0 Å². The predicted octanol–water partition coefficient (Wildman–Crippen LogP) is 2.48. The summed E-state index contributed by atoms with van der Waals surface area (Å²) in [4.78, 5) is 0. The summed E-state index contributed by atoms with van der Waals surface area (Å²) in [7, 11) is 1.70. The van der Waals surface area contributed by atoms with E-state index >= 15 is 0 Å². The Bertz CT molecular complexity index is 238. The number of hydrogen-bond acceptors (Lipinski definition) is 2. The molecule has 1 fully saturated rings. The minimum Gasteiger partial charge on any atom is -0.497 e. The second-order valence-corrected chi connectivity index (χ2v) is 3.83. The van der Waals surface area contributed by atoms with Crippen molar-refractivity contribution >= 4 is 11.8 Å². The molecule has 0 aliphatic carbocycles. The van der Waals surface area contributed by atoms with Gasteiger partial charge in [-0.25, -0.2) is 0 Å². The Morgan fingerprint density at radius 3 is 2.45 bits per heavy atom. The largest absolute Gasteiger partial charge is 0.497 e. The Morgan fingerprint density at radius 1 is 1.36 bits per heavy atom. The van der Waals surface area contributed by atoms with E-state index in [4.69, 9.17) is 4.74 Å². The van der Waals surface area contributed by atoms with Crippen LogP contribution in [0.25, 0.3) is 0 Å². The highest BCUT2D eigenvalue weighted by Crippen LogP contribution is 2.46. The van der Waals surface area contributed by atoms with Crippen molar-refractivity contribution in [2.45, 2.75) is 5.25 Å². The quantitative estimate of drug-likeness (QED) is 0.624. The monoisotopic (exact) mass is 166 g/mol. The third-order valence-corrected chi connectivity index (χ3v) is 2.76. The Morgan fingerprint density at radius 2 is 2.00 bits per heavy atom. The topological polar surface area (TPSA) is 9.23 Å². The minimum absolute atomic E-state index is 0.765. The molecule has 0 bridgehead atoms.